The molecule has 0 aliphatic carbocycles. The second-order valence-corrected chi connectivity index (χ2v) is 3.48. The van der Waals surface area contributed by atoms with Crippen LogP contribution < -0.4 is 5.32 Å². The van der Waals surface area contributed by atoms with Gasteiger partial charge in [0.2, 0.25) is 5.91 Å². The van der Waals surface area contributed by atoms with Gasteiger partial charge in [0, 0.05) is 12.3 Å². The molecule has 1 aromatic rings. The molecule has 4 nitrogen and oxygen atoms in total. The standard InChI is InChI=1S/C8H10N2O2S/c1-5(10-12)8-3-7(4-13-8)9-6(2)11/h3-4,12H,1-2H3,(H,9,11)/b10-5+. The van der Waals surface area contributed by atoms with Gasteiger partial charge in [0.25, 0.3) is 0 Å². The normalized spacial score (nSPS) is 11.4. The van der Waals surface area contributed by atoms with Gasteiger partial charge in [-0.15, -0.1) is 11.3 Å². The van der Waals surface area contributed by atoms with Crippen molar-refractivity contribution in [1.82, 2.24) is 0 Å². The molecule has 1 heterocycles. The molecular weight excluding hydrogens is 188 g/mol. The maximum absolute atomic E-state index is 10.7. The average Bonchev–Trinajstić information content (AvgIpc) is 2.50. The van der Waals surface area contributed by atoms with Crippen molar-refractivity contribution in [2.75, 3.05) is 5.32 Å². The summed E-state index contributed by atoms with van der Waals surface area (Å²) >= 11 is 1.42. The molecule has 1 rings (SSSR count). The molecule has 1 aromatic heterocycles. The Hall–Kier alpha value is -1.36. The number of hydrogen-bond acceptors (Lipinski definition) is 4. The van der Waals surface area contributed by atoms with Crippen LogP contribution in [0, 0.1) is 0 Å². The Morgan fingerprint density at radius 3 is 2.85 bits per heavy atom. The number of oxime groups is 1. The molecule has 0 spiro atoms. The van der Waals surface area contributed by atoms with Crippen molar-refractivity contribution in [3.05, 3.63) is 16.3 Å². The minimum atomic E-state index is -0.108. The first-order valence-electron chi connectivity index (χ1n) is 3.68. The summed E-state index contributed by atoms with van der Waals surface area (Å²) in [7, 11) is 0. The van der Waals surface area contributed by atoms with Gasteiger partial charge in [-0.3, -0.25) is 4.79 Å². The topological polar surface area (TPSA) is 61.7 Å². The molecule has 0 radical (unpaired) electrons. The first-order valence-corrected chi connectivity index (χ1v) is 4.56. The van der Waals surface area contributed by atoms with Gasteiger partial charge < -0.3 is 10.5 Å². The first-order chi connectivity index (χ1) is 6.13. The second-order valence-electron chi connectivity index (χ2n) is 2.57. The van der Waals surface area contributed by atoms with E-state index in [0.717, 1.165) is 10.6 Å². The molecule has 13 heavy (non-hydrogen) atoms. The zero-order valence-electron chi connectivity index (χ0n) is 7.37. The van der Waals surface area contributed by atoms with Crippen LogP contribution in [-0.2, 0) is 4.79 Å². The maximum atomic E-state index is 10.7. The Kier molecular flexibility index (Phi) is 3.02. The number of rotatable bonds is 2. The van der Waals surface area contributed by atoms with Crippen molar-refractivity contribution in [3.63, 3.8) is 0 Å². The Morgan fingerprint density at radius 2 is 2.31 bits per heavy atom. The van der Waals surface area contributed by atoms with Crippen LogP contribution in [0.25, 0.3) is 0 Å². The van der Waals surface area contributed by atoms with E-state index in [2.05, 4.69) is 10.5 Å². The Morgan fingerprint density at radius 1 is 1.62 bits per heavy atom. The molecule has 70 valence electrons. The van der Waals surface area contributed by atoms with Gasteiger partial charge in [0.05, 0.1) is 16.3 Å². The zero-order valence-corrected chi connectivity index (χ0v) is 8.18. The quantitative estimate of drug-likeness (QED) is 0.433. The summed E-state index contributed by atoms with van der Waals surface area (Å²) in [5.74, 6) is -0.108. The molecule has 0 bridgehead atoms. The predicted molar refractivity (Wildman–Crippen MR) is 52.6 cm³/mol. The fraction of sp³-hybridized carbons (Fsp3) is 0.250. The van der Waals surface area contributed by atoms with Crippen LogP contribution in [0.3, 0.4) is 0 Å². The lowest BCUT2D eigenvalue weighted by Crippen LogP contribution is -2.04. The van der Waals surface area contributed by atoms with E-state index >= 15 is 0 Å². The van der Waals surface area contributed by atoms with E-state index in [4.69, 9.17) is 5.21 Å². The third-order valence-corrected chi connectivity index (χ3v) is 2.47. The van der Waals surface area contributed by atoms with Gasteiger partial charge in [-0.2, -0.15) is 0 Å². The van der Waals surface area contributed by atoms with Crippen LogP contribution in [0.4, 0.5) is 5.69 Å². The van der Waals surface area contributed by atoms with Crippen LogP contribution in [0.2, 0.25) is 0 Å². The van der Waals surface area contributed by atoms with E-state index in [9.17, 15) is 4.79 Å². The van der Waals surface area contributed by atoms with Crippen LogP contribution >= 0.6 is 11.3 Å². The van der Waals surface area contributed by atoms with E-state index in [-0.39, 0.29) is 5.91 Å². The summed E-state index contributed by atoms with van der Waals surface area (Å²) in [5, 5.41) is 16.0. The Balaban J connectivity index is 2.80. The monoisotopic (exact) mass is 198 g/mol. The van der Waals surface area contributed by atoms with E-state index in [1.807, 2.05) is 0 Å². The highest BCUT2D eigenvalue weighted by atomic mass is 32.1. The molecule has 0 saturated carbocycles. The summed E-state index contributed by atoms with van der Waals surface area (Å²) in [6.45, 7) is 3.15. The molecule has 0 aliphatic heterocycles. The number of carbonyl (C=O) groups excluding carboxylic acids is 1. The number of amides is 1. The summed E-state index contributed by atoms with van der Waals surface area (Å²) in [6.07, 6.45) is 0. The smallest absolute Gasteiger partial charge is 0.221 e. The molecule has 0 atom stereocenters. The van der Waals surface area contributed by atoms with Crippen molar-refractivity contribution in [1.29, 1.82) is 0 Å². The molecular formula is C8H10N2O2S. The van der Waals surface area contributed by atoms with Gasteiger partial charge in [-0.1, -0.05) is 5.16 Å². The van der Waals surface area contributed by atoms with Crippen LogP contribution in [0.1, 0.15) is 18.7 Å². The molecule has 0 saturated heterocycles. The van der Waals surface area contributed by atoms with Crippen LogP contribution in [0.15, 0.2) is 16.6 Å². The van der Waals surface area contributed by atoms with Crippen molar-refractivity contribution in [3.8, 4) is 0 Å². The molecule has 0 unspecified atom stereocenters. The van der Waals surface area contributed by atoms with Crippen LogP contribution in [0.5, 0.6) is 0 Å². The summed E-state index contributed by atoms with van der Waals surface area (Å²) in [5.41, 5.74) is 1.28. The van der Waals surface area contributed by atoms with Gasteiger partial charge in [0.15, 0.2) is 0 Å². The predicted octanol–water partition coefficient (Wildman–Crippen LogP) is 1.90. The lowest BCUT2D eigenvalue weighted by molar-refractivity contribution is -0.114. The van der Waals surface area contributed by atoms with Crippen molar-refractivity contribution in [2.24, 2.45) is 5.16 Å². The Bertz CT molecular complexity index is 344. The van der Waals surface area contributed by atoms with Crippen LogP contribution in [-0.4, -0.2) is 16.8 Å². The number of hydrogen-bond donors (Lipinski definition) is 2. The fourth-order valence-electron chi connectivity index (χ4n) is 0.844. The van der Waals surface area contributed by atoms with Crippen molar-refractivity contribution < 1.29 is 10.0 Å². The summed E-state index contributed by atoms with van der Waals surface area (Å²) in [4.78, 5) is 11.5. The SMILES string of the molecule is CC(=O)Nc1csc(/C(C)=N/O)c1. The highest BCUT2D eigenvalue weighted by Gasteiger charge is 2.03. The third kappa shape index (κ3) is 2.55. The molecule has 0 aromatic carbocycles. The summed E-state index contributed by atoms with van der Waals surface area (Å²) in [6, 6.07) is 1.76. The minimum Gasteiger partial charge on any atom is -0.411 e. The molecule has 1 amide bonds. The van der Waals surface area contributed by atoms with E-state index in [1.54, 1.807) is 18.4 Å². The maximum Gasteiger partial charge on any atom is 0.221 e. The molecule has 0 aliphatic rings. The number of nitrogens with zero attached hydrogens (tertiary/aromatic N) is 1. The highest BCUT2D eigenvalue weighted by Crippen LogP contribution is 2.19. The zero-order chi connectivity index (χ0) is 9.84. The fourth-order valence-corrected chi connectivity index (χ4v) is 1.63. The Labute approximate surface area is 79.9 Å². The van der Waals surface area contributed by atoms with Gasteiger partial charge in [-0.05, 0) is 13.0 Å². The minimum absolute atomic E-state index is 0.108. The third-order valence-electron chi connectivity index (χ3n) is 1.43. The number of anilines is 1. The lowest BCUT2D eigenvalue weighted by Gasteiger charge is -1.94. The van der Waals surface area contributed by atoms with Crippen molar-refractivity contribution in [2.45, 2.75) is 13.8 Å². The summed E-state index contributed by atoms with van der Waals surface area (Å²) < 4.78 is 0. The number of nitrogens with one attached hydrogen (secondary N) is 1. The highest BCUT2D eigenvalue weighted by molar-refractivity contribution is 7.12. The largest absolute Gasteiger partial charge is 0.411 e. The molecule has 2 N–H and O–H groups in total. The second kappa shape index (κ2) is 4.04. The number of thiophene rings is 1. The first kappa shape index (κ1) is 9.73. The number of carbonyl (C=O) groups is 1. The lowest BCUT2D eigenvalue weighted by atomic mass is 10.3. The molecule has 5 heteroatoms. The van der Waals surface area contributed by atoms with E-state index in [0.29, 0.717) is 5.71 Å². The van der Waals surface area contributed by atoms with Gasteiger partial charge >= 0.3 is 0 Å². The van der Waals surface area contributed by atoms with Gasteiger partial charge in [-0.25, -0.2) is 0 Å². The average molecular weight is 198 g/mol. The van der Waals surface area contributed by atoms with E-state index in [1.165, 1.54) is 18.3 Å². The van der Waals surface area contributed by atoms with E-state index < -0.39 is 0 Å². The van der Waals surface area contributed by atoms with Gasteiger partial charge in [0.1, 0.15) is 0 Å². The van der Waals surface area contributed by atoms with Crippen molar-refractivity contribution >= 4 is 28.6 Å². The molecule has 0 fully saturated rings.